The van der Waals surface area contributed by atoms with Gasteiger partial charge in [0.2, 0.25) is 0 Å². The summed E-state index contributed by atoms with van der Waals surface area (Å²) < 4.78 is 12.3. The molecule has 0 heterocycles. The Bertz CT molecular complexity index is 474. The van der Waals surface area contributed by atoms with Crippen LogP contribution in [0.2, 0.25) is 0 Å². The minimum absolute atomic E-state index is 0.132. The summed E-state index contributed by atoms with van der Waals surface area (Å²) in [4.78, 5) is 24.8. The fourth-order valence-corrected chi connectivity index (χ4v) is 3.71. The standard InChI is InChI=1S/C26H54N2O4/c1-9-13-15-23(11-3)21-31-25(29)19-27(5,6)17-18-28(7,8)20-26(30)32-22-24(12-4)16-14-10-2/h23-24H,9-22H2,1-8H3/q+2. The number of hydrogen-bond acceptors (Lipinski definition) is 4. The van der Waals surface area contributed by atoms with Crippen LogP contribution >= 0.6 is 0 Å². The summed E-state index contributed by atoms with van der Waals surface area (Å²) in [5.41, 5.74) is 0. The van der Waals surface area contributed by atoms with Crippen molar-refractivity contribution < 1.29 is 28.0 Å². The van der Waals surface area contributed by atoms with Crippen molar-refractivity contribution in [1.29, 1.82) is 0 Å². The van der Waals surface area contributed by atoms with E-state index in [9.17, 15) is 9.59 Å². The summed E-state index contributed by atoms with van der Waals surface area (Å²) in [6.45, 7) is 12.0. The minimum Gasteiger partial charge on any atom is -0.461 e. The first-order valence-corrected chi connectivity index (χ1v) is 12.9. The molecular weight excluding hydrogens is 404 g/mol. The number of carbonyl (C=O) groups excluding carboxylic acids is 2. The van der Waals surface area contributed by atoms with E-state index in [1.54, 1.807) is 0 Å². The molecule has 0 radical (unpaired) electrons. The molecule has 0 aliphatic rings. The van der Waals surface area contributed by atoms with Crippen molar-refractivity contribution in [1.82, 2.24) is 0 Å². The fourth-order valence-electron chi connectivity index (χ4n) is 3.71. The van der Waals surface area contributed by atoms with E-state index in [2.05, 4.69) is 27.7 Å². The predicted octanol–water partition coefficient (Wildman–Crippen LogP) is 4.66. The molecule has 190 valence electrons. The Morgan fingerprint density at radius 2 is 1.00 bits per heavy atom. The summed E-state index contributed by atoms with van der Waals surface area (Å²) in [7, 11) is 8.20. The highest BCUT2D eigenvalue weighted by Gasteiger charge is 2.28. The molecule has 0 spiro atoms. The van der Waals surface area contributed by atoms with E-state index in [0.717, 1.165) is 38.8 Å². The zero-order chi connectivity index (χ0) is 24.6. The van der Waals surface area contributed by atoms with Crippen molar-refractivity contribution in [3.63, 3.8) is 0 Å². The van der Waals surface area contributed by atoms with Crippen LogP contribution in [0.25, 0.3) is 0 Å². The van der Waals surface area contributed by atoms with Gasteiger partial charge in [0.25, 0.3) is 0 Å². The summed E-state index contributed by atoms with van der Waals surface area (Å²) >= 11 is 0. The average Bonchev–Trinajstić information content (AvgIpc) is 2.72. The largest absolute Gasteiger partial charge is 0.461 e. The Kier molecular flexibility index (Phi) is 15.9. The van der Waals surface area contributed by atoms with Gasteiger partial charge >= 0.3 is 11.9 Å². The molecule has 0 aliphatic heterocycles. The lowest BCUT2D eigenvalue weighted by Gasteiger charge is -2.34. The first-order valence-electron chi connectivity index (χ1n) is 12.9. The van der Waals surface area contributed by atoms with Crippen LogP contribution in [0, 0.1) is 11.8 Å². The molecule has 0 aromatic rings. The van der Waals surface area contributed by atoms with Crippen molar-refractivity contribution in [2.24, 2.45) is 11.8 Å². The van der Waals surface area contributed by atoms with Crippen molar-refractivity contribution in [3.05, 3.63) is 0 Å². The third-order valence-electron chi connectivity index (χ3n) is 6.47. The van der Waals surface area contributed by atoms with Crippen molar-refractivity contribution in [2.75, 3.05) is 67.6 Å². The molecule has 0 bridgehead atoms. The van der Waals surface area contributed by atoms with Gasteiger partial charge in [-0.2, -0.15) is 0 Å². The lowest BCUT2D eigenvalue weighted by atomic mass is 10.0. The monoisotopic (exact) mass is 458 g/mol. The molecule has 2 atom stereocenters. The van der Waals surface area contributed by atoms with Gasteiger partial charge in [-0.25, -0.2) is 9.59 Å². The molecule has 0 fully saturated rings. The summed E-state index contributed by atoms with van der Waals surface area (Å²) in [5.74, 6) is 0.663. The highest BCUT2D eigenvalue weighted by molar-refractivity contribution is 5.71. The molecule has 0 aliphatic carbocycles. The molecule has 0 aromatic carbocycles. The lowest BCUT2D eigenvalue weighted by molar-refractivity contribution is -0.939. The molecule has 0 N–H and O–H groups in total. The Hall–Kier alpha value is -1.14. The van der Waals surface area contributed by atoms with Crippen LogP contribution in [0.4, 0.5) is 0 Å². The topological polar surface area (TPSA) is 52.6 Å². The number of nitrogens with zero attached hydrogens (tertiary/aromatic N) is 2. The Balaban J connectivity index is 4.40. The van der Waals surface area contributed by atoms with E-state index in [1.807, 2.05) is 28.2 Å². The number of rotatable bonds is 19. The first-order chi connectivity index (χ1) is 15.0. The highest BCUT2D eigenvalue weighted by Crippen LogP contribution is 2.14. The van der Waals surface area contributed by atoms with Gasteiger partial charge in [0.05, 0.1) is 41.4 Å². The first kappa shape index (κ1) is 30.9. The number of ether oxygens (including phenoxy) is 2. The molecule has 2 unspecified atom stereocenters. The smallest absolute Gasteiger partial charge is 0.361 e. The van der Waals surface area contributed by atoms with Gasteiger partial charge in [0.1, 0.15) is 13.1 Å². The van der Waals surface area contributed by atoms with Crippen LogP contribution in [0.5, 0.6) is 0 Å². The van der Waals surface area contributed by atoms with E-state index in [1.165, 1.54) is 25.7 Å². The average molecular weight is 459 g/mol. The van der Waals surface area contributed by atoms with Crippen LogP contribution in [-0.2, 0) is 19.1 Å². The summed E-state index contributed by atoms with van der Waals surface area (Å²) in [6.07, 6.45) is 9.06. The van der Waals surface area contributed by atoms with Crippen molar-refractivity contribution in [3.8, 4) is 0 Å². The maximum atomic E-state index is 12.4. The second-order valence-electron chi connectivity index (χ2n) is 10.8. The molecule has 0 rings (SSSR count). The van der Waals surface area contributed by atoms with Crippen molar-refractivity contribution >= 4 is 11.9 Å². The second-order valence-corrected chi connectivity index (χ2v) is 10.8. The molecule has 0 saturated heterocycles. The normalized spacial score (nSPS) is 14.1. The number of unbranched alkanes of at least 4 members (excludes halogenated alkanes) is 2. The fraction of sp³-hybridized carbons (Fsp3) is 0.923. The Morgan fingerprint density at radius 3 is 1.28 bits per heavy atom. The van der Waals surface area contributed by atoms with E-state index >= 15 is 0 Å². The number of likely N-dealkylation sites (N-methyl/N-ethyl adjacent to an activating group) is 2. The summed E-state index contributed by atoms with van der Waals surface area (Å²) in [5, 5.41) is 0. The van der Waals surface area contributed by atoms with Gasteiger partial charge in [0, 0.05) is 0 Å². The molecule has 0 saturated carbocycles. The zero-order valence-corrected chi connectivity index (χ0v) is 22.6. The Labute approximate surface area is 198 Å². The molecule has 0 amide bonds. The number of carbonyl (C=O) groups is 2. The highest BCUT2D eigenvalue weighted by atomic mass is 16.5. The van der Waals surface area contributed by atoms with E-state index in [-0.39, 0.29) is 11.9 Å². The van der Waals surface area contributed by atoms with Gasteiger partial charge in [-0.15, -0.1) is 0 Å². The number of quaternary nitrogens is 2. The van der Waals surface area contributed by atoms with Crippen LogP contribution in [0.3, 0.4) is 0 Å². The van der Waals surface area contributed by atoms with Gasteiger partial charge in [0.15, 0.2) is 13.1 Å². The number of hydrogen-bond donors (Lipinski definition) is 0. The van der Waals surface area contributed by atoms with Crippen molar-refractivity contribution in [2.45, 2.75) is 79.1 Å². The predicted molar refractivity (Wildman–Crippen MR) is 132 cm³/mol. The zero-order valence-electron chi connectivity index (χ0n) is 22.6. The van der Waals surface area contributed by atoms with E-state index in [0.29, 0.717) is 47.1 Å². The van der Waals surface area contributed by atoms with Crippen LogP contribution < -0.4 is 0 Å². The maximum Gasteiger partial charge on any atom is 0.361 e. The quantitative estimate of drug-likeness (QED) is 0.209. The van der Waals surface area contributed by atoms with Crippen LogP contribution in [0.15, 0.2) is 0 Å². The van der Waals surface area contributed by atoms with Crippen LogP contribution in [-0.4, -0.2) is 88.5 Å². The maximum absolute atomic E-state index is 12.4. The van der Waals surface area contributed by atoms with Gasteiger partial charge in [-0.3, -0.25) is 0 Å². The van der Waals surface area contributed by atoms with Gasteiger partial charge < -0.3 is 18.4 Å². The molecule has 32 heavy (non-hydrogen) atoms. The SMILES string of the molecule is CCCCC(CC)COC(=O)C[N+](C)(C)CC[N+](C)(C)CC(=O)OCC(CC)CCCC. The summed E-state index contributed by atoms with van der Waals surface area (Å²) in [6, 6.07) is 0. The van der Waals surface area contributed by atoms with Gasteiger partial charge in [-0.1, -0.05) is 66.2 Å². The molecule has 6 heteroatoms. The lowest BCUT2D eigenvalue weighted by Crippen LogP contribution is -2.54. The molecule has 6 nitrogen and oxygen atoms in total. The van der Waals surface area contributed by atoms with E-state index in [4.69, 9.17) is 9.47 Å². The Morgan fingerprint density at radius 1 is 0.656 bits per heavy atom. The third-order valence-corrected chi connectivity index (χ3v) is 6.47. The minimum atomic E-state index is -0.132. The van der Waals surface area contributed by atoms with Gasteiger partial charge in [-0.05, 0) is 24.7 Å². The second kappa shape index (κ2) is 16.5. The number of esters is 2. The van der Waals surface area contributed by atoms with Crippen LogP contribution in [0.1, 0.15) is 79.1 Å². The molecule has 0 aromatic heterocycles. The molecular formula is C26H54N2O4+2. The van der Waals surface area contributed by atoms with E-state index < -0.39 is 0 Å². The third kappa shape index (κ3) is 15.6.